The molecule has 7 atom stereocenters. The highest BCUT2D eigenvalue weighted by Crippen LogP contribution is 2.49. The van der Waals surface area contributed by atoms with E-state index in [-0.39, 0.29) is 5.75 Å². The van der Waals surface area contributed by atoms with Crippen LogP contribution < -0.4 is 20.9 Å². The fourth-order valence-corrected chi connectivity index (χ4v) is 5.50. The largest absolute Gasteiger partial charge is 0.462 e. The third-order valence-corrected chi connectivity index (χ3v) is 7.41. The highest BCUT2D eigenvalue weighted by atomic mass is 31.2. The number of nitrogens with zero attached hydrogens (tertiary/aromatic N) is 1. The van der Waals surface area contributed by atoms with Crippen LogP contribution in [0.4, 0.5) is 4.39 Å². The van der Waals surface area contributed by atoms with E-state index in [1.807, 2.05) is 4.98 Å². The third kappa shape index (κ3) is 6.57. The number of hydrogen-bond acceptors (Lipinski definition) is 10. The molecule has 15 heteroatoms. The van der Waals surface area contributed by atoms with Crippen LogP contribution >= 0.6 is 7.75 Å². The number of aromatic amines is 1. The third-order valence-electron chi connectivity index (χ3n) is 5.65. The second-order valence-electron chi connectivity index (χ2n) is 9.09. The van der Waals surface area contributed by atoms with Crippen LogP contribution in [0.15, 0.2) is 52.2 Å². The number of carbonyl (C=O) groups excluding carboxylic acids is 1. The van der Waals surface area contributed by atoms with Gasteiger partial charge < -0.3 is 24.2 Å². The van der Waals surface area contributed by atoms with E-state index in [0.717, 1.165) is 12.3 Å². The Morgan fingerprint density at radius 2 is 1.89 bits per heavy atom. The first kappa shape index (κ1) is 29.7. The van der Waals surface area contributed by atoms with E-state index in [1.165, 1.54) is 26.0 Å². The first-order valence-corrected chi connectivity index (χ1v) is 13.3. The Hall–Kier alpha value is -2.87. The first-order valence-electron chi connectivity index (χ1n) is 11.7. The van der Waals surface area contributed by atoms with Crippen LogP contribution in [0.2, 0.25) is 0 Å². The van der Waals surface area contributed by atoms with Crippen molar-refractivity contribution >= 4 is 13.7 Å². The predicted octanol–water partition coefficient (Wildman–Crippen LogP) is 1.02. The molecule has 1 aliphatic heterocycles. The molecular weight excluding hydrogens is 528 g/mol. The molecular formula is C23H31FN3O10P. The lowest BCUT2D eigenvalue weighted by Gasteiger charge is -2.30. The van der Waals surface area contributed by atoms with Gasteiger partial charge in [0.25, 0.3) is 5.56 Å². The minimum atomic E-state index is -4.42. The highest BCUT2D eigenvalue weighted by Gasteiger charge is 2.59. The van der Waals surface area contributed by atoms with Crippen molar-refractivity contribution in [2.24, 2.45) is 0 Å². The molecule has 13 nitrogen and oxygen atoms in total. The summed E-state index contributed by atoms with van der Waals surface area (Å²) in [5.41, 5.74) is -4.39. The number of halogens is 1. The molecule has 1 fully saturated rings. The standard InChI is InChI=1S/C23H31FN3O10P/c1-13(2)34-20(30)14(3)26-38(33,37-16-8-6-5-7-9-16)36-15(4)18-19(29)23(32,12-24)21(35-18)27-11-10-17(28)25-22(27)31/h5-11,13-15,18-19,21,29,32H,12H2,1-4H3,(H,26,33)(H,25,28,31)/t14-,15+,18+,19?,21+,23+,38+/m0/s1. The normalized spacial score (nSPS) is 26.5. The maximum atomic E-state index is 14.0. The Morgan fingerprint density at radius 3 is 2.47 bits per heavy atom. The van der Waals surface area contributed by atoms with E-state index in [1.54, 1.807) is 32.0 Å². The van der Waals surface area contributed by atoms with Crippen LogP contribution in [0, 0.1) is 0 Å². The number of para-hydroxylation sites is 1. The average molecular weight is 559 g/mol. The van der Waals surface area contributed by atoms with Gasteiger partial charge in [0, 0.05) is 12.3 Å². The van der Waals surface area contributed by atoms with Crippen LogP contribution in [0.5, 0.6) is 5.75 Å². The molecule has 0 aliphatic carbocycles. The Morgan fingerprint density at radius 1 is 1.24 bits per heavy atom. The van der Waals surface area contributed by atoms with E-state index in [0.29, 0.717) is 4.57 Å². The summed E-state index contributed by atoms with van der Waals surface area (Å²) in [5, 5.41) is 24.2. The SMILES string of the molecule is CC(C)OC(=O)[C@H](C)N[P@](=O)(Oc1ccccc1)O[C@H](C)[C@H]1O[C@@H](n2ccc(=O)[nH]c2=O)[C@@](O)(CF)C1O. The van der Waals surface area contributed by atoms with Gasteiger partial charge in [0.1, 0.15) is 30.7 Å². The average Bonchev–Trinajstić information content (AvgIpc) is 3.10. The lowest BCUT2D eigenvalue weighted by molar-refractivity contribution is -0.149. The van der Waals surface area contributed by atoms with Crippen LogP contribution in [0.1, 0.15) is 33.9 Å². The van der Waals surface area contributed by atoms with Crippen molar-refractivity contribution in [3.63, 3.8) is 0 Å². The van der Waals surface area contributed by atoms with Gasteiger partial charge in [0.05, 0.1) is 12.2 Å². The van der Waals surface area contributed by atoms with Crippen molar-refractivity contribution in [1.29, 1.82) is 0 Å². The molecule has 1 aromatic heterocycles. The summed E-state index contributed by atoms with van der Waals surface area (Å²) in [5.74, 6) is -0.625. The van der Waals surface area contributed by atoms with E-state index in [2.05, 4.69) is 5.09 Å². The number of ether oxygens (including phenoxy) is 2. The molecule has 1 aromatic carbocycles. The number of aliphatic hydroxyl groups excluding tert-OH is 1. The molecule has 0 radical (unpaired) electrons. The molecule has 0 bridgehead atoms. The van der Waals surface area contributed by atoms with Crippen molar-refractivity contribution in [3.05, 3.63) is 63.4 Å². The number of H-pyrrole nitrogens is 1. The fourth-order valence-electron chi connectivity index (χ4n) is 3.80. The lowest BCUT2D eigenvalue weighted by Crippen LogP contribution is -2.51. The van der Waals surface area contributed by atoms with Gasteiger partial charge in [-0.1, -0.05) is 18.2 Å². The summed E-state index contributed by atoms with van der Waals surface area (Å²) in [6, 6.07) is 7.67. The van der Waals surface area contributed by atoms with Crippen molar-refractivity contribution in [2.75, 3.05) is 6.67 Å². The van der Waals surface area contributed by atoms with Crippen LogP contribution in [-0.2, 0) is 23.4 Å². The van der Waals surface area contributed by atoms with E-state index in [9.17, 15) is 33.6 Å². The first-order chi connectivity index (χ1) is 17.8. The summed E-state index contributed by atoms with van der Waals surface area (Å²) >= 11 is 0. The number of nitrogens with one attached hydrogen (secondary N) is 2. The molecule has 210 valence electrons. The zero-order valence-electron chi connectivity index (χ0n) is 21.1. The number of aliphatic hydroxyl groups is 2. The van der Waals surface area contributed by atoms with Gasteiger partial charge in [0.2, 0.25) is 0 Å². The van der Waals surface area contributed by atoms with E-state index >= 15 is 0 Å². The highest BCUT2D eigenvalue weighted by molar-refractivity contribution is 7.52. The number of aromatic nitrogens is 2. The molecule has 0 saturated carbocycles. The summed E-state index contributed by atoms with van der Waals surface area (Å²) in [6.07, 6.45) is -6.12. The zero-order chi connectivity index (χ0) is 28.3. The minimum absolute atomic E-state index is 0.116. The van der Waals surface area contributed by atoms with Gasteiger partial charge in [-0.25, -0.2) is 13.8 Å². The maximum absolute atomic E-state index is 14.0. The Kier molecular flexibility index (Phi) is 9.29. The van der Waals surface area contributed by atoms with Crippen molar-refractivity contribution in [1.82, 2.24) is 14.6 Å². The predicted molar refractivity (Wildman–Crippen MR) is 131 cm³/mol. The molecule has 3 rings (SSSR count). The summed E-state index contributed by atoms with van der Waals surface area (Å²) in [7, 11) is -4.42. The van der Waals surface area contributed by atoms with Gasteiger partial charge >= 0.3 is 19.4 Å². The summed E-state index contributed by atoms with van der Waals surface area (Å²) < 4.78 is 50.5. The van der Waals surface area contributed by atoms with Gasteiger partial charge in [-0.15, -0.1) is 0 Å². The fraction of sp³-hybridized carbons (Fsp3) is 0.522. The molecule has 4 N–H and O–H groups in total. The quantitative estimate of drug-likeness (QED) is 0.228. The topological polar surface area (TPSA) is 178 Å². The number of carbonyl (C=O) groups is 1. The Balaban J connectivity index is 1.89. The molecule has 2 heterocycles. The second kappa shape index (κ2) is 11.9. The smallest absolute Gasteiger partial charge is 0.459 e. The van der Waals surface area contributed by atoms with Gasteiger partial charge in [0.15, 0.2) is 11.8 Å². The van der Waals surface area contributed by atoms with Crippen molar-refractivity contribution in [3.8, 4) is 5.75 Å². The number of rotatable bonds is 11. The van der Waals surface area contributed by atoms with Gasteiger partial charge in [-0.05, 0) is 39.8 Å². The van der Waals surface area contributed by atoms with Crippen LogP contribution in [-0.4, -0.2) is 68.5 Å². The van der Waals surface area contributed by atoms with Gasteiger partial charge in [-0.2, -0.15) is 5.09 Å². The molecule has 1 unspecified atom stereocenters. The molecule has 38 heavy (non-hydrogen) atoms. The second-order valence-corrected chi connectivity index (χ2v) is 10.7. The molecule has 1 saturated heterocycles. The lowest BCUT2D eigenvalue weighted by atomic mass is 9.93. The van der Waals surface area contributed by atoms with Crippen molar-refractivity contribution < 1.29 is 42.5 Å². The van der Waals surface area contributed by atoms with Crippen LogP contribution in [0.25, 0.3) is 0 Å². The summed E-state index contributed by atoms with van der Waals surface area (Å²) in [6.45, 7) is 4.42. The van der Waals surface area contributed by atoms with E-state index < -0.39 is 73.9 Å². The Labute approximate surface area is 217 Å². The number of benzene rings is 1. The monoisotopic (exact) mass is 559 g/mol. The molecule has 2 aromatic rings. The molecule has 0 spiro atoms. The Bertz CT molecular complexity index is 1270. The zero-order valence-corrected chi connectivity index (χ0v) is 22.0. The number of esters is 1. The summed E-state index contributed by atoms with van der Waals surface area (Å²) in [4.78, 5) is 38.0. The number of alkyl halides is 1. The van der Waals surface area contributed by atoms with Crippen molar-refractivity contribution in [2.45, 2.75) is 70.0 Å². The van der Waals surface area contributed by atoms with Crippen LogP contribution in [0.3, 0.4) is 0 Å². The molecule has 0 amide bonds. The minimum Gasteiger partial charge on any atom is -0.462 e. The molecule has 1 aliphatic rings. The van der Waals surface area contributed by atoms with E-state index in [4.69, 9.17) is 18.5 Å². The van der Waals surface area contributed by atoms with Gasteiger partial charge in [-0.3, -0.25) is 23.7 Å². The number of hydrogen-bond donors (Lipinski definition) is 4. The maximum Gasteiger partial charge on any atom is 0.459 e.